The first-order valence-corrected chi connectivity index (χ1v) is 33.4. The van der Waals surface area contributed by atoms with Crippen molar-refractivity contribution in [3.63, 3.8) is 0 Å². The number of nitrogens with two attached hydrogens (primary N) is 2. The Morgan fingerprint density at radius 1 is 1.07 bits per heavy atom. The molecule has 0 saturated carbocycles. The van der Waals surface area contributed by atoms with Crippen molar-refractivity contribution in [3.05, 3.63) is 106 Å². The number of ether oxygens (including phenoxy) is 4. The molecular formula is C65H83ClFN11O11S2. The molecule has 4 amide bonds. The zero-order valence-corrected chi connectivity index (χ0v) is 55.0. The number of fused-ring (bicyclic) bond motifs is 6. The molecule has 0 radical (unpaired) electrons. The van der Waals surface area contributed by atoms with E-state index in [4.69, 9.17) is 52.0 Å². The molecule has 10 N–H and O–H groups in total. The number of rotatable bonds is 20. The number of nitrogens with zero attached hydrogens (tertiary/aromatic N) is 5. The zero-order chi connectivity index (χ0) is 65.5. The van der Waals surface area contributed by atoms with Gasteiger partial charge in [0.15, 0.2) is 0 Å². The van der Waals surface area contributed by atoms with Gasteiger partial charge in [0.05, 0.1) is 65.9 Å². The number of primary amides is 1. The fraction of sp³-hybridized carbons (Fsp3) is 0.492. The van der Waals surface area contributed by atoms with E-state index in [1.54, 1.807) is 45.3 Å². The van der Waals surface area contributed by atoms with Gasteiger partial charge in [0, 0.05) is 93.9 Å². The quantitative estimate of drug-likeness (QED) is 0.0161. The van der Waals surface area contributed by atoms with Gasteiger partial charge >= 0.3 is 5.97 Å². The SMILES string of the molecule is COc1cc2cc(c1Cl)N(C)C(=O)C[C@H](OC(=O)[C@@H](C)N(C)C(=O)CCSSCCC(=O)NCCNc1ncc(-c3cc(C)cc(F)c3)c(N3CCC(N)CC3)c1-c1nc3ccc(C(N)=O)cc3[nH]1)C1(C)OC1[C@@H](C)C1C[C@](CO)(C/C=C/C=C(\C)C2)NC(O)O1. The second-order valence-electron chi connectivity index (χ2n) is 24.3. The number of allylic oxidation sites excluding steroid dienone is 3. The number of piperidine rings is 1. The van der Waals surface area contributed by atoms with Gasteiger partial charge in [-0.05, 0) is 119 Å². The maximum absolute atomic E-state index is 15.0. The Morgan fingerprint density at radius 2 is 1.81 bits per heavy atom. The molecule has 3 saturated heterocycles. The van der Waals surface area contributed by atoms with Gasteiger partial charge in [-0.3, -0.25) is 24.5 Å². The number of aliphatic hydroxyl groups excluding tert-OH is 2. The van der Waals surface area contributed by atoms with Crippen molar-refractivity contribution in [2.45, 2.75) is 134 Å². The number of hydrogen-bond acceptors (Lipinski definition) is 19. The van der Waals surface area contributed by atoms with E-state index in [1.807, 2.05) is 57.2 Å². The summed E-state index contributed by atoms with van der Waals surface area (Å²) in [4.78, 5) is 85.8. The van der Waals surface area contributed by atoms with Crippen molar-refractivity contribution >= 4 is 91.0 Å². The largest absolute Gasteiger partial charge is 0.495 e. The Hall–Kier alpha value is -6.81. The lowest BCUT2D eigenvalue weighted by atomic mass is 9.80. The van der Waals surface area contributed by atoms with Crippen molar-refractivity contribution in [1.82, 2.24) is 30.5 Å². The van der Waals surface area contributed by atoms with Crippen LogP contribution in [0.2, 0.25) is 5.02 Å². The molecule has 2 aromatic heterocycles. The number of halogens is 2. The van der Waals surface area contributed by atoms with E-state index in [0.29, 0.717) is 100 Å². The molecule has 3 fully saturated rings. The molecule has 26 heteroatoms. The summed E-state index contributed by atoms with van der Waals surface area (Å²) in [7, 11) is 7.46. The molecule has 5 aromatic rings. The van der Waals surface area contributed by atoms with Gasteiger partial charge in [0.1, 0.15) is 46.0 Å². The van der Waals surface area contributed by atoms with Gasteiger partial charge in [-0.25, -0.2) is 19.2 Å². The number of hydrogen-bond donors (Lipinski definition) is 8. The first-order valence-electron chi connectivity index (χ1n) is 30.6. The van der Waals surface area contributed by atoms with Crippen molar-refractivity contribution in [2.24, 2.45) is 17.4 Å². The highest BCUT2D eigenvalue weighted by Crippen LogP contribution is 2.50. The summed E-state index contributed by atoms with van der Waals surface area (Å²) >= 11 is 6.86. The van der Waals surface area contributed by atoms with Crippen molar-refractivity contribution in [3.8, 4) is 28.3 Å². The second kappa shape index (κ2) is 29.9. The molecule has 4 aliphatic rings. The molecule has 490 valence electrons. The number of aliphatic hydroxyl groups is 2. The lowest BCUT2D eigenvalue weighted by Gasteiger charge is -2.44. The molecule has 4 aliphatic heterocycles. The minimum Gasteiger partial charge on any atom is -0.495 e. The predicted molar refractivity (Wildman–Crippen MR) is 353 cm³/mol. The van der Waals surface area contributed by atoms with E-state index in [0.717, 1.165) is 35.2 Å². The molecule has 4 bridgehead atoms. The predicted octanol–water partition coefficient (Wildman–Crippen LogP) is 7.56. The molecule has 9 rings (SSSR count). The van der Waals surface area contributed by atoms with Crippen LogP contribution in [0, 0.1) is 18.7 Å². The maximum atomic E-state index is 15.0. The molecule has 3 aromatic carbocycles. The fourth-order valence-electron chi connectivity index (χ4n) is 12.1. The molecule has 8 atom stereocenters. The molecule has 22 nitrogen and oxygen atoms in total. The van der Waals surface area contributed by atoms with E-state index in [2.05, 4.69) is 25.8 Å². The van der Waals surface area contributed by atoms with Crippen LogP contribution in [0.5, 0.6) is 5.75 Å². The van der Waals surface area contributed by atoms with Gasteiger partial charge in [-0.1, -0.05) is 70.0 Å². The number of aromatic amines is 1. The average molecular weight is 1310 g/mol. The third-order valence-corrected chi connectivity index (χ3v) is 20.4. The summed E-state index contributed by atoms with van der Waals surface area (Å²) in [6, 6.07) is 12.4. The van der Waals surface area contributed by atoms with Crippen molar-refractivity contribution < 1.29 is 57.5 Å². The number of carbonyl (C=O) groups excluding carboxylic acids is 5. The number of esters is 1. The van der Waals surface area contributed by atoms with Crippen LogP contribution in [-0.4, -0.2) is 173 Å². The number of pyridine rings is 1. The average Bonchev–Trinajstić information content (AvgIpc) is 1.61. The molecule has 0 spiro atoms. The van der Waals surface area contributed by atoms with Crippen molar-refractivity contribution in [1.29, 1.82) is 0 Å². The van der Waals surface area contributed by atoms with E-state index in [1.165, 1.54) is 57.7 Å². The summed E-state index contributed by atoms with van der Waals surface area (Å²) in [6.45, 7) is 10.5. The van der Waals surface area contributed by atoms with Crippen LogP contribution in [-0.2, 0) is 39.8 Å². The summed E-state index contributed by atoms with van der Waals surface area (Å²) in [5, 5.41) is 31.3. The number of carbonyl (C=O) groups is 5. The van der Waals surface area contributed by atoms with Crippen LogP contribution in [0.25, 0.3) is 33.5 Å². The van der Waals surface area contributed by atoms with Crippen LogP contribution in [0.4, 0.5) is 21.6 Å². The number of aromatic nitrogens is 3. The number of H-pyrrole nitrogens is 1. The summed E-state index contributed by atoms with van der Waals surface area (Å²) in [5.41, 5.74) is 17.1. The normalized spacial score (nSPS) is 24.4. The monoisotopic (exact) mass is 1310 g/mol. The molecule has 0 aliphatic carbocycles. The summed E-state index contributed by atoms with van der Waals surface area (Å²) in [6.07, 6.45) is 6.33. The van der Waals surface area contributed by atoms with Crippen molar-refractivity contribution in [2.75, 3.05) is 80.6 Å². The molecule has 6 heterocycles. The summed E-state index contributed by atoms with van der Waals surface area (Å²) < 4.78 is 39.3. The highest BCUT2D eigenvalue weighted by Gasteiger charge is 2.64. The van der Waals surface area contributed by atoms with Gasteiger partial charge in [0.25, 0.3) is 0 Å². The van der Waals surface area contributed by atoms with E-state index >= 15 is 4.39 Å². The minimum absolute atomic E-state index is 0.0274. The zero-order valence-electron chi connectivity index (χ0n) is 52.6. The number of likely N-dealkylation sites (N-methyl/N-ethyl adjacent to an activating group) is 1. The number of benzene rings is 3. The van der Waals surface area contributed by atoms with Crippen LogP contribution in [0.1, 0.15) is 94.1 Å². The van der Waals surface area contributed by atoms with Gasteiger partial charge in [-0.15, -0.1) is 0 Å². The first kappa shape index (κ1) is 68.6. The third-order valence-electron chi connectivity index (χ3n) is 17.6. The van der Waals surface area contributed by atoms with Gasteiger partial charge in [-0.2, -0.15) is 0 Å². The van der Waals surface area contributed by atoms with Crippen LogP contribution in [0.15, 0.2) is 78.5 Å². The Bertz CT molecular complexity index is 3550. The maximum Gasteiger partial charge on any atom is 0.328 e. The topological polar surface area (TPSA) is 305 Å². The fourth-order valence-corrected chi connectivity index (χ4v) is 14.4. The lowest BCUT2D eigenvalue weighted by Crippen LogP contribution is -2.62. The van der Waals surface area contributed by atoms with E-state index < -0.39 is 65.6 Å². The number of methoxy groups -OCH3 is 1. The Morgan fingerprint density at radius 3 is 2.53 bits per heavy atom. The van der Waals surface area contributed by atoms with E-state index in [9.17, 15) is 34.2 Å². The smallest absolute Gasteiger partial charge is 0.328 e. The molecular weight excluding hydrogens is 1230 g/mol. The van der Waals surface area contributed by atoms with Crippen LogP contribution >= 0.6 is 33.2 Å². The highest BCUT2D eigenvalue weighted by molar-refractivity contribution is 8.76. The number of amides is 4. The summed E-state index contributed by atoms with van der Waals surface area (Å²) in [5.74, 6) is -0.922. The number of aryl methyl sites for hydroxylation is 1. The third kappa shape index (κ3) is 16.3. The standard InChI is InChI=1S/C65H83ClFN11O11S2/c1-36-11-9-10-18-65(35-79)33-50(87-63(85)75-65)38(3)58-64(5,89-58)51(32-54(82)77(7)48-28-40(25-36)29-49(86-8)56(48)66)88-62(84)39(4)76(6)53(81)17-24-91-90-23-16-52(80)70-19-20-71-60-55(61-73-46-13-12-41(59(69)83)31-47(46)74-61)57(78-21-14-44(68)15-22-78)45(34-72-60)42-26-37(2)27-43(67)30-42/h9-13,26-31,34,38-39,44,50-51,58,63,75,79,85H,14-25,32-33,35,68H2,1-8H3,(H2,69,83)(H,70,80)(H,71,72)(H,73,74)/b10-9+,36-11+/t38-,39+,50?,51-,58?,63?,64?,65-/m0/s1. The molecule has 91 heavy (non-hydrogen) atoms. The number of anilines is 3. The van der Waals surface area contributed by atoms with Gasteiger partial charge in [0.2, 0.25) is 30.0 Å². The highest BCUT2D eigenvalue weighted by atomic mass is 35.5. The van der Waals surface area contributed by atoms with E-state index in [-0.39, 0.29) is 67.7 Å². The second-order valence-corrected chi connectivity index (χ2v) is 27.4. The number of imidazole rings is 1. The van der Waals surface area contributed by atoms with Crippen LogP contribution < -0.4 is 42.0 Å². The Kier molecular flexibility index (Phi) is 22.5. The minimum atomic E-state index is -1.39. The first-order chi connectivity index (χ1) is 43.4. The Balaban J connectivity index is 0.799. The lowest BCUT2D eigenvalue weighted by molar-refractivity contribution is -0.220. The Labute approximate surface area is 542 Å². The number of nitrogens with one attached hydrogen (secondary N) is 4. The van der Waals surface area contributed by atoms with Crippen LogP contribution in [0.3, 0.4) is 0 Å². The molecule has 4 unspecified atom stereocenters. The van der Waals surface area contributed by atoms with Gasteiger partial charge < -0.3 is 70.9 Å². The number of epoxide rings is 1.